The van der Waals surface area contributed by atoms with Crippen LogP contribution in [-0.2, 0) is 13.1 Å². The molecule has 3 heterocycles. The zero-order chi connectivity index (χ0) is 11.8. The van der Waals surface area contributed by atoms with Crippen LogP contribution in [0.3, 0.4) is 0 Å². The highest BCUT2D eigenvalue weighted by atomic mass is 127. The van der Waals surface area contributed by atoms with Crippen LogP contribution in [0.25, 0.3) is 0 Å². The summed E-state index contributed by atoms with van der Waals surface area (Å²) in [6.45, 7) is 2.82. The molecule has 88 valence electrons. The molecular formula is C11H10BrIN4. The van der Waals surface area contributed by atoms with Crippen molar-refractivity contribution in [3.8, 4) is 0 Å². The molecule has 0 saturated heterocycles. The Hall–Kier alpha value is -0.630. The zero-order valence-electron chi connectivity index (χ0n) is 8.98. The van der Waals surface area contributed by atoms with Gasteiger partial charge < -0.3 is 4.90 Å². The van der Waals surface area contributed by atoms with Crippen molar-refractivity contribution in [2.75, 3.05) is 11.4 Å². The van der Waals surface area contributed by atoms with E-state index in [0.29, 0.717) is 0 Å². The fourth-order valence-corrected chi connectivity index (χ4v) is 3.12. The van der Waals surface area contributed by atoms with Gasteiger partial charge in [-0.2, -0.15) is 5.10 Å². The van der Waals surface area contributed by atoms with Gasteiger partial charge in [0.1, 0.15) is 0 Å². The first-order valence-corrected chi connectivity index (χ1v) is 7.17. The maximum atomic E-state index is 4.37. The molecule has 2 aromatic heterocycles. The van der Waals surface area contributed by atoms with Gasteiger partial charge in [-0.1, -0.05) is 0 Å². The third kappa shape index (κ3) is 2.08. The van der Waals surface area contributed by atoms with E-state index in [1.807, 2.05) is 24.7 Å². The van der Waals surface area contributed by atoms with Crippen LogP contribution in [0.4, 0.5) is 5.69 Å². The van der Waals surface area contributed by atoms with Gasteiger partial charge in [-0.05, 0) is 44.6 Å². The number of pyridine rings is 1. The minimum Gasteiger partial charge on any atom is -0.363 e. The van der Waals surface area contributed by atoms with Gasteiger partial charge in [0.2, 0.25) is 0 Å². The number of hydrogen-bond donors (Lipinski definition) is 0. The minimum atomic E-state index is 0.904. The smallest absolute Gasteiger partial charge is 0.0711 e. The number of nitrogens with zero attached hydrogens (tertiary/aromatic N) is 4. The summed E-state index contributed by atoms with van der Waals surface area (Å²) in [5, 5.41) is 4.37. The van der Waals surface area contributed by atoms with Crippen molar-refractivity contribution in [2.24, 2.45) is 0 Å². The average molecular weight is 405 g/mol. The molecule has 1 aliphatic heterocycles. The fraction of sp³-hybridized carbons (Fsp3) is 0.273. The quantitative estimate of drug-likeness (QED) is 0.685. The van der Waals surface area contributed by atoms with Crippen LogP contribution in [0.2, 0.25) is 0 Å². The molecule has 0 fully saturated rings. The molecule has 0 N–H and O–H groups in total. The van der Waals surface area contributed by atoms with E-state index >= 15 is 0 Å². The van der Waals surface area contributed by atoms with Gasteiger partial charge in [0.15, 0.2) is 0 Å². The van der Waals surface area contributed by atoms with Crippen LogP contribution < -0.4 is 4.90 Å². The van der Waals surface area contributed by atoms with Gasteiger partial charge in [0.25, 0.3) is 0 Å². The Kier molecular flexibility index (Phi) is 3.08. The van der Waals surface area contributed by atoms with Gasteiger partial charge in [-0.25, -0.2) is 0 Å². The second-order valence-electron chi connectivity index (χ2n) is 3.91. The highest BCUT2D eigenvalue weighted by molar-refractivity contribution is 14.1. The van der Waals surface area contributed by atoms with Gasteiger partial charge in [0, 0.05) is 18.9 Å². The maximum Gasteiger partial charge on any atom is 0.0711 e. The third-order valence-electron chi connectivity index (χ3n) is 2.91. The fourth-order valence-electron chi connectivity index (χ4n) is 2.04. The Labute approximate surface area is 121 Å². The van der Waals surface area contributed by atoms with Crippen LogP contribution in [0.5, 0.6) is 0 Å². The van der Waals surface area contributed by atoms with E-state index < -0.39 is 0 Å². The summed E-state index contributed by atoms with van der Waals surface area (Å²) >= 11 is 5.89. The van der Waals surface area contributed by atoms with E-state index in [-0.39, 0.29) is 0 Å². The molecule has 0 amide bonds. The zero-order valence-corrected chi connectivity index (χ0v) is 12.7. The third-order valence-corrected chi connectivity index (χ3v) is 4.42. The monoisotopic (exact) mass is 404 g/mol. The first-order valence-electron chi connectivity index (χ1n) is 5.30. The maximum absolute atomic E-state index is 4.37. The predicted octanol–water partition coefficient (Wildman–Crippen LogP) is 2.67. The van der Waals surface area contributed by atoms with Crippen molar-refractivity contribution < 1.29 is 0 Å². The standard InChI is InChI=1S/C11H10BrIN4/c12-8-5-14-2-1-10(8)16-3-4-17-11(7-16)9(13)6-15-17/h1-2,5-6H,3-4,7H2. The second-order valence-corrected chi connectivity index (χ2v) is 5.93. The Morgan fingerprint density at radius 3 is 3.00 bits per heavy atom. The molecule has 3 rings (SSSR count). The lowest BCUT2D eigenvalue weighted by molar-refractivity contribution is 0.518. The Balaban J connectivity index is 1.94. The van der Waals surface area contributed by atoms with Crippen molar-refractivity contribution in [1.29, 1.82) is 0 Å². The number of fused-ring (bicyclic) bond motifs is 1. The highest BCUT2D eigenvalue weighted by Crippen LogP contribution is 2.28. The van der Waals surface area contributed by atoms with E-state index in [1.165, 1.54) is 15.0 Å². The minimum absolute atomic E-state index is 0.904. The normalized spacial score (nSPS) is 14.8. The van der Waals surface area contributed by atoms with Crippen molar-refractivity contribution >= 4 is 44.2 Å². The molecular weight excluding hydrogens is 395 g/mol. The van der Waals surface area contributed by atoms with Gasteiger partial charge in [-0.15, -0.1) is 0 Å². The summed E-state index contributed by atoms with van der Waals surface area (Å²) in [7, 11) is 0. The molecule has 0 unspecified atom stereocenters. The molecule has 0 spiro atoms. The second kappa shape index (κ2) is 4.56. The molecule has 0 saturated carbocycles. The molecule has 0 aliphatic carbocycles. The molecule has 6 heteroatoms. The summed E-state index contributed by atoms with van der Waals surface area (Å²) < 4.78 is 4.37. The predicted molar refractivity (Wildman–Crippen MR) is 77.9 cm³/mol. The first kappa shape index (κ1) is 11.5. The summed E-state index contributed by atoms with van der Waals surface area (Å²) in [6, 6.07) is 2.04. The molecule has 1 aliphatic rings. The van der Waals surface area contributed by atoms with Crippen LogP contribution in [0, 0.1) is 3.57 Å². The van der Waals surface area contributed by atoms with E-state index in [2.05, 4.69) is 58.2 Å². The van der Waals surface area contributed by atoms with Crippen molar-refractivity contribution in [1.82, 2.24) is 14.8 Å². The Morgan fingerprint density at radius 2 is 2.18 bits per heavy atom. The lowest BCUT2D eigenvalue weighted by Crippen LogP contribution is -2.34. The number of rotatable bonds is 1. The highest BCUT2D eigenvalue weighted by Gasteiger charge is 2.20. The molecule has 2 aromatic rings. The van der Waals surface area contributed by atoms with Crippen molar-refractivity contribution in [2.45, 2.75) is 13.1 Å². The van der Waals surface area contributed by atoms with Crippen LogP contribution in [0.15, 0.2) is 29.1 Å². The number of hydrogen-bond acceptors (Lipinski definition) is 3. The van der Waals surface area contributed by atoms with Gasteiger partial charge in [-0.3, -0.25) is 9.67 Å². The molecule has 4 nitrogen and oxygen atoms in total. The largest absolute Gasteiger partial charge is 0.363 e. The molecule has 0 atom stereocenters. The summed E-state index contributed by atoms with van der Waals surface area (Å²) in [4.78, 5) is 6.45. The number of anilines is 1. The molecule has 0 bridgehead atoms. The summed E-state index contributed by atoms with van der Waals surface area (Å²) in [6.07, 6.45) is 5.60. The Bertz CT molecular complexity index is 554. The lowest BCUT2D eigenvalue weighted by atomic mass is 10.2. The van der Waals surface area contributed by atoms with E-state index in [9.17, 15) is 0 Å². The lowest BCUT2D eigenvalue weighted by Gasteiger charge is -2.30. The van der Waals surface area contributed by atoms with E-state index in [1.54, 1.807) is 0 Å². The number of aromatic nitrogens is 3. The summed E-state index contributed by atoms with van der Waals surface area (Å²) in [5.74, 6) is 0. The van der Waals surface area contributed by atoms with E-state index in [4.69, 9.17) is 0 Å². The first-order chi connectivity index (χ1) is 8.25. The van der Waals surface area contributed by atoms with Crippen LogP contribution in [0.1, 0.15) is 5.69 Å². The SMILES string of the molecule is Brc1cnccc1N1CCn2ncc(I)c2C1. The molecule has 17 heavy (non-hydrogen) atoms. The van der Waals surface area contributed by atoms with Crippen molar-refractivity contribution in [3.63, 3.8) is 0 Å². The van der Waals surface area contributed by atoms with Gasteiger partial charge >= 0.3 is 0 Å². The van der Waals surface area contributed by atoms with Crippen LogP contribution in [-0.4, -0.2) is 21.3 Å². The van der Waals surface area contributed by atoms with E-state index in [0.717, 1.165) is 24.1 Å². The average Bonchev–Trinajstić information content (AvgIpc) is 2.71. The molecule has 0 radical (unpaired) electrons. The molecule has 0 aromatic carbocycles. The van der Waals surface area contributed by atoms with Crippen molar-refractivity contribution in [3.05, 3.63) is 38.4 Å². The van der Waals surface area contributed by atoms with Crippen LogP contribution >= 0.6 is 38.5 Å². The Morgan fingerprint density at radius 1 is 1.29 bits per heavy atom. The number of halogens is 2. The van der Waals surface area contributed by atoms with Gasteiger partial charge in [0.05, 0.1) is 38.7 Å². The summed E-state index contributed by atoms with van der Waals surface area (Å²) in [5.41, 5.74) is 2.49. The topological polar surface area (TPSA) is 34.0 Å².